The molecule has 12 heteroatoms. The molecule has 0 aliphatic heterocycles. The molecule has 0 saturated carbocycles. The molecule has 60 heavy (non-hydrogen) atoms. The van der Waals surface area contributed by atoms with Crippen molar-refractivity contribution in [1.29, 1.82) is 0 Å². The lowest BCUT2D eigenvalue weighted by atomic mass is 9.91. The van der Waals surface area contributed by atoms with Gasteiger partial charge < -0.3 is 28.4 Å². The fourth-order valence-electron chi connectivity index (χ4n) is 6.50. The van der Waals surface area contributed by atoms with Crippen LogP contribution in [0.2, 0.25) is 0 Å². The summed E-state index contributed by atoms with van der Waals surface area (Å²) in [6.45, 7) is 3.77. The van der Waals surface area contributed by atoms with Crippen LogP contribution in [0, 0.1) is 0 Å². The number of methoxy groups -OCH3 is 4. The van der Waals surface area contributed by atoms with Crippen molar-refractivity contribution in [2.24, 2.45) is 0 Å². The highest BCUT2D eigenvalue weighted by Crippen LogP contribution is 2.58. The van der Waals surface area contributed by atoms with Gasteiger partial charge in [0.05, 0.1) is 61.9 Å². The molecule has 0 aliphatic rings. The number of hydrogen-bond acceptors (Lipinski definition) is 12. The Hall–Kier alpha value is -5.14. The van der Waals surface area contributed by atoms with Gasteiger partial charge >= 0.3 is 11.9 Å². The van der Waals surface area contributed by atoms with Gasteiger partial charge in [0, 0.05) is 19.6 Å². The maximum Gasteiger partial charge on any atom is 0.342 e. The quantitative estimate of drug-likeness (QED) is 0.0441. The molecule has 0 unspecified atom stereocenters. The van der Waals surface area contributed by atoms with Crippen LogP contribution >= 0.6 is 47.0 Å². The predicted octanol–water partition coefficient (Wildman–Crippen LogP) is 12.9. The maximum absolute atomic E-state index is 14.4. The molecule has 0 N–H and O–H groups in total. The molecule has 0 spiro atoms. The van der Waals surface area contributed by atoms with Gasteiger partial charge in [0.15, 0.2) is 0 Å². The summed E-state index contributed by atoms with van der Waals surface area (Å²) in [7, 11) is 6.10. The Morgan fingerprint density at radius 1 is 0.450 bits per heavy atom. The van der Waals surface area contributed by atoms with E-state index in [9.17, 15) is 9.59 Å². The van der Waals surface area contributed by atoms with Crippen molar-refractivity contribution in [1.82, 2.24) is 0 Å². The molecule has 0 aliphatic carbocycles. The highest BCUT2D eigenvalue weighted by Gasteiger charge is 2.37. The van der Waals surface area contributed by atoms with E-state index in [-0.39, 0.29) is 45.0 Å². The highest BCUT2D eigenvalue weighted by molar-refractivity contribution is 8.16. The number of esters is 2. The molecule has 6 rings (SSSR count). The van der Waals surface area contributed by atoms with Crippen LogP contribution in [0.25, 0.3) is 11.1 Å². The van der Waals surface area contributed by atoms with Gasteiger partial charge in [-0.1, -0.05) is 72.8 Å². The average Bonchev–Trinajstić information content (AvgIpc) is 3.28. The summed E-state index contributed by atoms with van der Waals surface area (Å²) < 4.78 is 35.8. The number of benzene rings is 6. The first-order valence-electron chi connectivity index (χ1n) is 19.1. The van der Waals surface area contributed by atoms with E-state index in [1.165, 1.54) is 14.2 Å². The molecule has 0 bridgehead atoms. The van der Waals surface area contributed by atoms with Crippen LogP contribution in [0.1, 0.15) is 54.9 Å². The minimum atomic E-state index is -0.584. The van der Waals surface area contributed by atoms with E-state index in [0.717, 1.165) is 19.6 Å². The molecule has 0 amide bonds. The minimum absolute atomic E-state index is 0.124. The lowest BCUT2D eigenvalue weighted by Crippen LogP contribution is -2.15. The molecule has 8 nitrogen and oxygen atoms in total. The van der Waals surface area contributed by atoms with E-state index < -0.39 is 11.9 Å². The largest absolute Gasteiger partial charge is 0.496 e. The second-order valence-electron chi connectivity index (χ2n) is 12.7. The first kappa shape index (κ1) is 44.4. The fourth-order valence-corrected chi connectivity index (χ4v) is 11.7. The summed E-state index contributed by atoms with van der Waals surface area (Å²) in [6, 6.07) is 43.6. The molecule has 0 heterocycles. The molecule has 0 fully saturated rings. The fraction of sp³-hybridized carbons (Fsp3) is 0.208. The molecule has 310 valence electrons. The van der Waals surface area contributed by atoms with Crippen molar-refractivity contribution in [2.45, 2.75) is 42.6 Å². The topological polar surface area (TPSA) is 89.5 Å². The van der Waals surface area contributed by atoms with Crippen LogP contribution in [0.4, 0.5) is 0 Å². The Morgan fingerprint density at radius 3 is 0.967 bits per heavy atom. The maximum atomic E-state index is 14.4. The van der Waals surface area contributed by atoms with Gasteiger partial charge in [-0.2, -0.15) is 0 Å². The summed E-state index contributed by atoms with van der Waals surface area (Å²) in [5.41, 5.74) is 2.33. The predicted molar refractivity (Wildman–Crippen MR) is 245 cm³/mol. The van der Waals surface area contributed by atoms with Gasteiger partial charge in [-0.05, 0) is 85.6 Å². The SMILES string of the molecule is CCOC(=O)c1c(C(Sc2ccccc2)Sc2ccccc2)cc(OC)c(-c2c(OC)cc(C(Sc3ccccc3)Sc3ccccc3)c(C(=O)OCC)c2OC)c1OC. The van der Waals surface area contributed by atoms with Crippen LogP contribution in [0.15, 0.2) is 153 Å². The van der Waals surface area contributed by atoms with Gasteiger partial charge in [-0.25, -0.2) is 9.59 Å². The molecule has 6 aromatic carbocycles. The molecular weight excluding hydrogens is 833 g/mol. The molecule has 0 saturated heterocycles. The summed E-state index contributed by atoms with van der Waals surface area (Å²) in [4.78, 5) is 32.8. The number of hydrogen-bond donors (Lipinski definition) is 0. The smallest absolute Gasteiger partial charge is 0.342 e. The third kappa shape index (κ3) is 10.4. The van der Waals surface area contributed by atoms with E-state index in [1.807, 2.05) is 133 Å². The van der Waals surface area contributed by atoms with Crippen LogP contribution < -0.4 is 18.9 Å². The number of rotatable bonds is 19. The first-order valence-corrected chi connectivity index (χ1v) is 22.7. The minimum Gasteiger partial charge on any atom is -0.496 e. The summed E-state index contributed by atoms with van der Waals surface area (Å²) in [5, 5.41) is 0. The molecule has 0 radical (unpaired) electrons. The molecule has 0 aromatic heterocycles. The van der Waals surface area contributed by atoms with Crippen LogP contribution in [0.3, 0.4) is 0 Å². The number of carbonyl (C=O) groups excluding carboxylic acids is 2. The van der Waals surface area contributed by atoms with Gasteiger partial charge in [-0.3, -0.25) is 0 Å². The molecular formula is C48H46O8S4. The second-order valence-corrected chi connectivity index (χ2v) is 18.0. The standard InChI is InChI=1S/C48H46O8S4/c1-7-55-45(49)39-35(47(57-31-21-13-9-14-22-31)58-32-23-15-10-16-24-32)29-37(51-3)41(43(39)53-5)42-38(52-4)30-36(40(44(42)54-6)46(50)56-8-2)48(59-33-25-17-11-18-26-33)60-34-27-19-12-20-28-34/h9-30,47-48H,7-8H2,1-6H3. The van der Waals surface area contributed by atoms with Crippen molar-refractivity contribution >= 4 is 59.0 Å². The Balaban J connectivity index is 1.66. The Labute approximate surface area is 369 Å². The average molecular weight is 879 g/mol. The van der Waals surface area contributed by atoms with Crippen molar-refractivity contribution in [2.75, 3.05) is 41.7 Å². The van der Waals surface area contributed by atoms with Gasteiger partial charge in [0.2, 0.25) is 0 Å². The monoisotopic (exact) mass is 878 g/mol. The second kappa shape index (κ2) is 21.9. The normalized spacial score (nSPS) is 11.0. The number of carbonyl (C=O) groups is 2. The zero-order valence-electron chi connectivity index (χ0n) is 34.2. The Morgan fingerprint density at radius 2 is 0.733 bits per heavy atom. The van der Waals surface area contributed by atoms with E-state index in [1.54, 1.807) is 75.1 Å². The van der Waals surface area contributed by atoms with E-state index in [2.05, 4.69) is 0 Å². The van der Waals surface area contributed by atoms with Crippen LogP contribution in [-0.2, 0) is 9.47 Å². The number of ether oxygens (including phenoxy) is 6. The van der Waals surface area contributed by atoms with E-state index in [0.29, 0.717) is 33.8 Å². The van der Waals surface area contributed by atoms with Crippen molar-refractivity contribution in [3.63, 3.8) is 0 Å². The third-order valence-corrected chi connectivity index (χ3v) is 14.3. The zero-order valence-corrected chi connectivity index (χ0v) is 37.4. The van der Waals surface area contributed by atoms with Crippen molar-refractivity contribution in [3.8, 4) is 34.1 Å². The third-order valence-electron chi connectivity index (χ3n) is 9.06. The molecule has 0 atom stereocenters. The summed E-state index contributed by atoms with van der Waals surface area (Å²) in [5.74, 6) is -0.115. The van der Waals surface area contributed by atoms with E-state index in [4.69, 9.17) is 28.4 Å². The Bertz CT molecular complexity index is 2100. The summed E-state index contributed by atoms with van der Waals surface area (Å²) >= 11 is 6.36. The lowest BCUT2D eigenvalue weighted by molar-refractivity contribution is 0.0511. The van der Waals surface area contributed by atoms with Gasteiger partial charge in [0.25, 0.3) is 0 Å². The first-order chi connectivity index (χ1) is 29.3. The van der Waals surface area contributed by atoms with Gasteiger partial charge in [0.1, 0.15) is 34.1 Å². The Kier molecular flexibility index (Phi) is 16.2. The van der Waals surface area contributed by atoms with E-state index >= 15 is 0 Å². The van der Waals surface area contributed by atoms with Crippen LogP contribution in [-0.4, -0.2) is 53.6 Å². The lowest BCUT2D eigenvalue weighted by Gasteiger charge is -2.28. The summed E-state index contributed by atoms with van der Waals surface area (Å²) in [6.07, 6.45) is 0. The zero-order chi connectivity index (χ0) is 42.4. The number of thioether (sulfide) groups is 4. The highest BCUT2D eigenvalue weighted by atomic mass is 32.2. The van der Waals surface area contributed by atoms with Crippen molar-refractivity contribution < 1.29 is 38.0 Å². The van der Waals surface area contributed by atoms with Crippen LogP contribution in [0.5, 0.6) is 23.0 Å². The molecule has 6 aromatic rings. The van der Waals surface area contributed by atoms with Gasteiger partial charge in [-0.15, -0.1) is 47.0 Å². The van der Waals surface area contributed by atoms with Crippen molar-refractivity contribution in [3.05, 3.63) is 156 Å².